The Balaban J connectivity index is 1.64. The van der Waals surface area contributed by atoms with Gasteiger partial charge in [-0.2, -0.15) is 0 Å². The lowest BCUT2D eigenvalue weighted by molar-refractivity contribution is -0.384. The van der Waals surface area contributed by atoms with Crippen molar-refractivity contribution in [2.45, 2.75) is 19.0 Å². The van der Waals surface area contributed by atoms with Gasteiger partial charge >= 0.3 is 0 Å². The number of hydrogen-bond donors (Lipinski definition) is 1. The fourth-order valence-electron chi connectivity index (χ4n) is 4.32. The van der Waals surface area contributed by atoms with Crippen LogP contribution in [0, 0.1) is 17.0 Å². The van der Waals surface area contributed by atoms with E-state index in [1.54, 1.807) is 18.3 Å². The van der Waals surface area contributed by atoms with Crippen LogP contribution in [0.1, 0.15) is 29.0 Å². The lowest BCUT2D eigenvalue weighted by atomic mass is 10.0. The average Bonchev–Trinajstić information content (AvgIpc) is 3.44. The lowest BCUT2D eigenvalue weighted by Gasteiger charge is -2.29. The summed E-state index contributed by atoms with van der Waals surface area (Å²) in [7, 11) is 0. The minimum absolute atomic E-state index is 0.0592. The summed E-state index contributed by atoms with van der Waals surface area (Å²) < 4.78 is 2.04. The first-order valence-corrected chi connectivity index (χ1v) is 10.9. The second-order valence-corrected chi connectivity index (χ2v) is 8.30. The minimum Gasteiger partial charge on any atom is -0.351 e. The van der Waals surface area contributed by atoms with E-state index in [0.717, 1.165) is 28.3 Å². The van der Waals surface area contributed by atoms with Gasteiger partial charge in [-0.25, -0.2) is 0 Å². The Morgan fingerprint density at radius 3 is 2.52 bits per heavy atom. The number of nitrogens with one attached hydrogen (secondary N) is 1. The third-order valence-electron chi connectivity index (χ3n) is 5.80. The van der Waals surface area contributed by atoms with E-state index in [4.69, 9.17) is 12.2 Å². The third-order valence-corrected chi connectivity index (χ3v) is 6.11. The zero-order valence-electron chi connectivity index (χ0n) is 17.8. The fourth-order valence-corrected chi connectivity index (χ4v) is 4.66. The van der Waals surface area contributed by atoms with Crippen LogP contribution in [-0.2, 0) is 0 Å². The van der Waals surface area contributed by atoms with Gasteiger partial charge in [0.25, 0.3) is 5.69 Å². The van der Waals surface area contributed by atoms with Crippen molar-refractivity contribution in [1.82, 2.24) is 14.9 Å². The van der Waals surface area contributed by atoms with Crippen molar-refractivity contribution in [3.63, 3.8) is 0 Å². The van der Waals surface area contributed by atoms with E-state index in [1.807, 2.05) is 47.2 Å². The van der Waals surface area contributed by atoms with Gasteiger partial charge in [0.05, 0.1) is 16.7 Å². The van der Waals surface area contributed by atoms with Gasteiger partial charge in [0.2, 0.25) is 0 Å². The molecule has 33 heavy (non-hydrogen) atoms. The number of hydrogen-bond acceptors (Lipinski definition) is 4. The Bertz CT molecular complexity index is 1320. The maximum Gasteiger partial charge on any atom is 0.269 e. The van der Waals surface area contributed by atoms with E-state index >= 15 is 0 Å². The van der Waals surface area contributed by atoms with E-state index in [2.05, 4.69) is 40.3 Å². The van der Waals surface area contributed by atoms with Crippen molar-refractivity contribution < 1.29 is 4.92 Å². The number of aryl methyl sites for hydroxylation is 1. The summed E-state index contributed by atoms with van der Waals surface area (Å²) in [6, 6.07) is 24.3. The average molecular weight is 456 g/mol. The highest BCUT2D eigenvalue weighted by Crippen LogP contribution is 2.42. The molecule has 0 bridgehead atoms. The van der Waals surface area contributed by atoms with Crippen LogP contribution in [0.5, 0.6) is 0 Å². The molecule has 0 amide bonds. The molecule has 0 aliphatic carbocycles. The molecule has 1 fully saturated rings. The molecule has 0 spiro atoms. The number of non-ortho nitro benzene ring substituents is 1. The smallest absolute Gasteiger partial charge is 0.269 e. The number of rotatable bonds is 5. The van der Waals surface area contributed by atoms with Gasteiger partial charge in [-0.3, -0.25) is 15.1 Å². The van der Waals surface area contributed by atoms with Crippen LogP contribution in [0.15, 0.2) is 91.3 Å². The van der Waals surface area contributed by atoms with Gasteiger partial charge in [0.1, 0.15) is 6.04 Å². The van der Waals surface area contributed by atoms with Crippen LogP contribution in [0.25, 0.3) is 5.69 Å². The molecule has 0 unspecified atom stereocenters. The highest BCUT2D eigenvalue weighted by Gasteiger charge is 2.42. The van der Waals surface area contributed by atoms with Crippen LogP contribution < -0.4 is 10.2 Å². The zero-order valence-corrected chi connectivity index (χ0v) is 18.6. The highest BCUT2D eigenvalue weighted by molar-refractivity contribution is 7.80. The number of nitro groups is 1. The largest absolute Gasteiger partial charge is 0.351 e. The number of benzene rings is 2. The van der Waals surface area contributed by atoms with Crippen LogP contribution in [0.4, 0.5) is 11.4 Å². The molecule has 0 radical (unpaired) electrons. The van der Waals surface area contributed by atoms with Gasteiger partial charge in [-0.1, -0.05) is 18.2 Å². The van der Waals surface area contributed by atoms with E-state index in [1.165, 1.54) is 12.1 Å². The number of anilines is 1. The van der Waals surface area contributed by atoms with Gasteiger partial charge in [0, 0.05) is 41.6 Å². The molecule has 8 heteroatoms. The summed E-state index contributed by atoms with van der Waals surface area (Å²) in [6.07, 6.45) is 3.74. The van der Waals surface area contributed by atoms with E-state index in [-0.39, 0.29) is 17.8 Å². The summed E-state index contributed by atoms with van der Waals surface area (Å²) in [4.78, 5) is 17.4. The lowest BCUT2D eigenvalue weighted by Crippen LogP contribution is -2.30. The summed E-state index contributed by atoms with van der Waals surface area (Å²) in [6.45, 7) is 2.06. The first kappa shape index (κ1) is 20.8. The Labute approximate surface area is 196 Å². The standard InChI is InChI=1S/C25H21N5O2S/c1-17-6-4-7-20(16-17)29-24(23(27-25(29)33)21-8-2-3-14-26-21)22-9-5-15-28(22)18-10-12-19(13-11-18)30(31)32/h2-16,23-24H,1H3,(H,27,33)/t23-,24-/m1/s1. The number of aromatic nitrogens is 2. The molecule has 1 N–H and O–H groups in total. The predicted molar refractivity (Wildman–Crippen MR) is 132 cm³/mol. The molecule has 4 aromatic rings. The quantitative estimate of drug-likeness (QED) is 0.251. The van der Waals surface area contributed by atoms with Crippen molar-refractivity contribution in [1.29, 1.82) is 0 Å². The molecular formula is C25H21N5O2S. The summed E-state index contributed by atoms with van der Waals surface area (Å²) in [5, 5.41) is 15.2. The molecule has 1 aliphatic rings. The Morgan fingerprint density at radius 2 is 1.82 bits per heavy atom. The molecule has 2 aromatic carbocycles. The van der Waals surface area contributed by atoms with E-state index < -0.39 is 4.92 Å². The molecule has 2 atom stereocenters. The predicted octanol–water partition coefficient (Wildman–Crippen LogP) is 5.27. The van der Waals surface area contributed by atoms with Crippen molar-refractivity contribution in [3.05, 3.63) is 118 Å². The molecule has 1 saturated heterocycles. The fraction of sp³-hybridized carbons (Fsp3) is 0.120. The molecule has 1 aliphatic heterocycles. The summed E-state index contributed by atoms with van der Waals surface area (Å²) in [5.74, 6) is 0. The number of nitro benzene ring substituents is 1. The Kier molecular flexibility index (Phi) is 5.35. The van der Waals surface area contributed by atoms with Gasteiger partial charge in [-0.05, 0) is 73.2 Å². The van der Waals surface area contributed by atoms with Crippen LogP contribution in [0.3, 0.4) is 0 Å². The molecular weight excluding hydrogens is 434 g/mol. The Morgan fingerprint density at radius 1 is 1.00 bits per heavy atom. The molecule has 0 saturated carbocycles. The minimum atomic E-state index is -0.393. The monoisotopic (exact) mass is 455 g/mol. The van der Waals surface area contributed by atoms with Crippen LogP contribution >= 0.6 is 12.2 Å². The van der Waals surface area contributed by atoms with E-state index in [9.17, 15) is 10.1 Å². The molecule has 7 nitrogen and oxygen atoms in total. The molecule has 5 rings (SSSR count). The SMILES string of the molecule is Cc1cccc(N2C(=S)N[C@H](c3ccccn3)[C@H]2c2cccn2-c2ccc([N+](=O)[O-])cc2)c1. The number of pyridine rings is 1. The van der Waals surface area contributed by atoms with Crippen molar-refractivity contribution >= 4 is 28.7 Å². The highest BCUT2D eigenvalue weighted by atomic mass is 32.1. The molecule has 3 heterocycles. The normalized spacial score (nSPS) is 17.7. The zero-order chi connectivity index (χ0) is 22.9. The van der Waals surface area contributed by atoms with Crippen molar-refractivity contribution in [2.24, 2.45) is 0 Å². The first-order valence-electron chi connectivity index (χ1n) is 10.5. The molecule has 2 aromatic heterocycles. The second-order valence-electron chi connectivity index (χ2n) is 7.91. The maximum atomic E-state index is 11.1. The van der Waals surface area contributed by atoms with Crippen molar-refractivity contribution in [3.8, 4) is 5.69 Å². The van der Waals surface area contributed by atoms with Crippen LogP contribution in [0.2, 0.25) is 0 Å². The summed E-state index contributed by atoms with van der Waals surface area (Å²) >= 11 is 5.80. The van der Waals surface area contributed by atoms with Gasteiger partial charge in [0.15, 0.2) is 5.11 Å². The Hall–Kier alpha value is -4.04. The van der Waals surface area contributed by atoms with Crippen LogP contribution in [-0.4, -0.2) is 19.6 Å². The van der Waals surface area contributed by atoms with E-state index in [0.29, 0.717) is 5.11 Å². The first-order chi connectivity index (χ1) is 16.0. The number of nitrogens with zero attached hydrogens (tertiary/aromatic N) is 4. The second kappa shape index (κ2) is 8.48. The van der Waals surface area contributed by atoms with Gasteiger partial charge < -0.3 is 14.8 Å². The molecule has 164 valence electrons. The van der Waals surface area contributed by atoms with Crippen molar-refractivity contribution in [2.75, 3.05) is 4.90 Å². The maximum absolute atomic E-state index is 11.1. The summed E-state index contributed by atoms with van der Waals surface area (Å²) in [5.41, 5.74) is 4.91. The topological polar surface area (TPSA) is 76.2 Å². The third kappa shape index (κ3) is 3.85. The van der Waals surface area contributed by atoms with Gasteiger partial charge in [-0.15, -0.1) is 0 Å². The number of thiocarbonyl (C=S) groups is 1.